The molecule has 1 aliphatic carbocycles. The number of nitrogen functional groups attached to an aromatic ring is 1. The van der Waals surface area contributed by atoms with Crippen molar-refractivity contribution in [3.63, 3.8) is 0 Å². The Bertz CT molecular complexity index is 810. The van der Waals surface area contributed by atoms with E-state index in [0.29, 0.717) is 22.2 Å². The van der Waals surface area contributed by atoms with Crippen LogP contribution in [0.4, 0.5) is 11.4 Å². The number of fused-ring (bicyclic) bond motifs is 1. The molecule has 2 aliphatic rings. The number of carbonyl (C=O) groups is 1. The molecule has 2 aromatic rings. The number of nitrogens with two attached hydrogens (primary N) is 1. The third-order valence-corrected chi connectivity index (χ3v) is 4.22. The molecule has 4 rings (SSSR count). The lowest BCUT2D eigenvalue weighted by Gasteiger charge is -2.30. The molecule has 0 aromatic heterocycles. The topological polar surface area (TPSA) is 55.6 Å². The molecule has 0 saturated heterocycles. The van der Waals surface area contributed by atoms with Crippen molar-refractivity contribution in [3.8, 4) is 5.75 Å². The molecule has 1 fully saturated rings. The summed E-state index contributed by atoms with van der Waals surface area (Å²) < 4.78 is 5.82. The smallest absolute Gasteiger partial charge is 0.294 e. The maximum atomic E-state index is 12.8. The first kappa shape index (κ1) is 14.2. The second kappa shape index (κ2) is 5.32. The van der Waals surface area contributed by atoms with Gasteiger partial charge in [0.2, 0.25) is 0 Å². The Labute approximate surface area is 139 Å². The zero-order valence-corrected chi connectivity index (χ0v) is 13.1. The van der Waals surface area contributed by atoms with Crippen LogP contribution in [0.3, 0.4) is 0 Å². The first-order valence-electron chi connectivity index (χ1n) is 7.50. The molecule has 0 bridgehead atoms. The summed E-state index contributed by atoms with van der Waals surface area (Å²) in [5.41, 5.74) is 8.11. The van der Waals surface area contributed by atoms with Gasteiger partial charge in [0.15, 0.2) is 11.5 Å². The Morgan fingerprint density at radius 2 is 1.91 bits per heavy atom. The fourth-order valence-corrected chi connectivity index (χ4v) is 2.82. The maximum absolute atomic E-state index is 12.8. The molecule has 0 spiro atoms. The number of benzene rings is 2. The Balaban J connectivity index is 1.76. The van der Waals surface area contributed by atoms with Gasteiger partial charge in [-0.05, 0) is 54.8 Å². The second-order valence-corrected chi connectivity index (χ2v) is 6.23. The van der Waals surface area contributed by atoms with Gasteiger partial charge in [0, 0.05) is 16.8 Å². The molecule has 2 N–H and O–H groups in total. The van der Waals surface area contributed by atoms with Crippen LogP contribution in [0.1, 0.15) is 18.4 Å². The molecular weight excluding hydrogens is 312 g/mol. The highest BCUT2D eigenvalue weighted by atomic mass is 35.5. The van der Waals surface area contributed by atoms with Gasteiger partial charge in [-0.15, -0.1) is 0 Å². The van der Waals surface area contributed by atoms with Crippen molar-refractivity contribution in [2.75, 3.05) is 10.6 Å². The van der Waals surface area contributed by atoms with E-state index in [1.807, 2.05) is 18.2 Å². The van der Waals surface area contributed by atoms with Crippen molar-refractivity contribution in [1.82, 2.24) is 0 Å². The van der Waals surface area contributed by atoms with Crippen molar-refractivity contribution >= 4 is 35.0 Å². The molecule has 116 valence electrons. The Morgan fingerprint density at radius 3 is 2.61 bits per heavy atom. The summed E-state index contributed by atoms with van der Waals surface area (Å²) in [5.74, 6) is 0.850. The van der Waals surface area contributed by atoms with Crippen LogP contribution < -0.4 is 15.4 Å². The van der Waals surface area contributed by atoms with Crippen molar-refractivity contribution in [2.45, 2.75) is 18.9 Å². The first-order valence-corrected chi connectivity index (χ1v) is 7.88. The van der Waals surface area contributed by atoms with Crippen molar-refractivity contribution in [2.24, 2.45) is 0 Å². The van der Waals surface area contributed by atoms with Crippen LogP contribution in [0.15, 0.2) is 48.2 Å². The van der Waals surface area contributed by atoms with Gasteiger partial charge >= 0.3 is 0 Å². The average Bonchev–Trinajstić information content (AvgIpc) is 3.35. The maximum Gasteiger partial charge on any atom is 0.294 e. The number of anilines is 2. The summed E-state index contributed by atoms with van der Waals surface area (Å²) in [6, 6.07) is 12.9. The van der Waals surface area contributed by atoms with Gasteiger partial charge in [-0.2, -0.15) is 0 Å². The molecule has 2 aromatic carbocycles. The molecule has 0 unspecified atom stereocenters. The van der Waals surface area contributed by atoms with Crippen molar-refractivity contribution in [3.05, 3.63) is 58.8 Å². The molecule has 0 atom stereocenters. The molecule has 1 saturated carbocycles. The van der Waals surface area contributed by atoms with E-state index in [2.05, 4.69) is 0 Å². The van der Waals surface area contributed by atoms with E-state index in [1.54, 1.807) is 35.2 Å². The predicted octanol–water partition coefficient (Wildman–Crippen LogP) is 3.85. The molecule has 1 heterocycles. The fraction of sp³-hybridized carbons (Fsp3) is 0.167. The molecule has 1 aliphatic heterocycles. The molecule has 4 nitrogen and oxygen atoms in total. The zero-order valence-electron chi connectivity index (χ0n) is 12.3. The molecule has 5 heteroatoms. The monoisotopic (exact) mass is 326 g/mol. The van der Waals surface area contributed by atoms with Crippen LogP contribution in [0, 0.1) is 0 Å². The minimum Gasteiger partial charge on any atom is -0.449 e. The quantitative estimate of drug-likeness (QED) is 0.673. The van der Waals surface area contributed by atoms with E-state index >= 15 is 0 Å². The Hall–Kier alpha value is -2.46. The van der Waals surface area contributed by atoms with Gasteiger partial charge < -0.3 is 10.5 Å². The van der Waals surface area contributed by atoms with Crippen LogP contribution in [0.2, 0.25) is 5.02 Å². The number of hydrogen-bond donors (Lipinski definition) is 1. The van der Waals surface area contributed by atoms with Gasteiger partial charge in [0.05, 0.1) is 5.69 Å². The summed E-state index contributed by atoms with van der Waals surface area (Å²) in [5, 5.41) is 0.656. The second-order valence-electron chi connectivity index (χ2n) is 5.80. The van der Waals surface area contributed by atoms with E-state index < -0.39 is 0 Å². The third-order valence-electron chi connectivity index (χ3n) is 3.97. The van der Waals surface area contributed by atoms with E-state index in [0.717, 1.165) is 24.1 Å². The standard InChI is InChI=1S/C18H15ClN2O2/c19-12-3-1-11(2-4-12)9-17-18(22)21(14-6-7-14)15-10-13(20)5-8-16(15)23-17/h1-5,8-10,14H,6-7,20H2/b17-9-. The normalized spacial score (nSPS) is 18.7. The highest BCUT2D eigenvalue weighted by molar-refractivity contribution is 6.30. The van der Waals surface area contributed by atoms with Gasteiger partial charge in [0.25, 0.3) is 5.91 Å². The van der Waals surface area contributed by atoms with Crippen LogP contribution in [0.5, 0.6) is 5.75 Å². The van der Waals surface area contributed by atoms with E-state index in [9.17, 15) is 4.79 Å². The lowest BCUT2D eigenvalue weighted by Crippen LogP contribution is -2.39. The third kappa shape index (κ3) is 2.66. The summed E-state index contributed by atoms with van der Waals surface area (Å²) in [4.78, 5) is 14.6. The Morgan fingerprint density at radius 1 is 1.17 bits per heavy atom. The summed E-state index contributed by atoms with van der Waals surface area (Å²) >= 11 is 5.90. The number of ether oxygens (including phenoxy) is 1. The highest BCUT2D eigenvalue weighted by Gasteiger charge is 2.40. The SMILES string of the molecule is Nc1ccc2c(c1)N(C1CC1)C(=O)/C(=C/c1ccc(Cl)cc1)O2. The van der Waals surface area contributed by atoms with Crippen LogP contribution >= 0.6 is 11.6 Å². The molecule has 1 amide bonds. The summed E-state index contributed by atoms with van der Waals surface area (Å²) in [6.45, 7) is 0. The van der Waals surface area contributed by atoms with E-state index in [-0.39, 0.29) is 11.9 Å². The minimum atomic E-state index is -0.124. The number of rotatable bonds is 2. The van der Waals surface area contributed by atoms with Gasteiger partial charge in [-0.1, -0.05) is 23.7 Å². The zero-order chi connectivity index (χ0) is 16.0. The highest BCUT2D eigenvalue weighted by Crippen LogP contribution is 2.43. The fourth-order valence-electron chi connectivity index (χ4n) is 2.70. The average molecular weight is 327 g/mol. The van der Waals surface area contributed by atoms with Crippen LogP contribution in [0.25, 0.3) is 6.08 Å². The number of carbonyl (C=O) groups excluding carboxylic acids is 1. The number of amides is 1. The van der Waals surface area contributed by atoms with Gasteiger partial charge in [-0.25, -0.2) is 0 Å². The summed E-state index contributed by atoms with van der Waals surface area (Å²) in [7, 11) is 0. The largest absolute Gasteiger partial charge is 0.449 e. The van der Waals surface area contributed by atoms with Crippen molar-refractivity contribution in [1.29, 1.82) is 0 Å². The van der Waals surface area contributed by atoms with Crippen LogP contribution in [-0.4, -0.2) is 11.9 Å². The Kier molecular flexibility index (Phi) is 3.27. The van der Waals surface area contributed by atoms with E-state index in [4.69, 9.17) is 22.1 Å². The first-order chi connectivity index (χ1) is 11.1. The lowest BCUT2D eigenvalue weighted by atomic mass is 10.1. The van der Waals surface area contributed by atoms with Gasteiger partial charge in [-0.3, -0.25) is 9.69 Å². The number of halogens is 1. The van der Waals surface area contributed by atoms with Gasteiger partial charge in [0.1, 0.15) is 0 Å². The number of hydrogen-bond acceptors (Lipinski definition) is 3. The van der Waals surface area contributed by atoms with E-state index in [1.165, 1.54) is 0 Å². The molecular formula is C18H15ClN2O2. The molecule has 0 radical (unpaired) electrons. The van der Waals surface area contributed by atoms with Crippen molar-refractivity contribution < 1.29 is 9.53 Å². The number of nitrogens with zero attached hydrogens (tertiary/aromatic N) is 1. The molecule has 23 heavy (non-hydrogen) atoms. The van der Waals surface area contributed by atoms with Crippen LogP contribution in [-0.2, 0) is 4.79 Å². The minimum absolute atomic E-state index is 0.124. The lowest BCUT2D eigenvalue weighted by molar-refractivity contribution is -0.117. The predicted molar refractivity (Wildman–Crippen MR) is 91.4 cm³/mol. The summed E-state index contributed by atoms with van der Waals surface area (Å²) in [6.07, 6.45) is 3.76.